The van der Waals surface area contributed by atoms with Gasteiger partial charge >= 0.3 is 0 Å². The average molecular weight is 280 g/mol. The number of hydrogen-bond acceptors (Lipinski definition) is 3. The summed E-state index contributed by atoms with van der Waals surface area (Å²) in [4.78, 5) is 2.25. The molecule has 1 aromatic carbocycles. The Kier molecular flexibility index (Phi) is 4.47. The fraction of sp³-hybridized carbons (Fsp3) is 0.625. The molecule has 3 atom stereocenters. The van der Waals surface area contributed by atoms with Crippen molar-refractivity contribution in [3.8, 4) is 0 Å². The van der Waals surface area contributed by atoms with Crippen molar-refractivity contribution in [1.82, 2.24) is 4.90 Å². The molecule has 1 aliphatic rings. The summed E-state index contributed by atoms with van der Waals surface area (Å²) >= 11 is 0. The van der Waals surface area contributed by atoms with Crippen LogP contribution in [0.25, 0.3) is 0 Å². The van der Waals surface area contributed by atoms with Gasteiger partial charge in [-0.25, -0.2) is 4.39 Å². The highest BCUT2D eigenvalue weighted by Crippen LogP contribution is 2.31. The molecule has 4 heteroatoms. The van der Waals surface area contributed by atoms with Gasteiger partial charge in [0.25, 0.3) is 0 Å². The second-order valence-electron chi connectivity index (χ2n) is 6.44. The summed E-state index contributed by atoms with van der Waals surface area (Å²) in [6.45, 7) is 9.63. The summed E-state index contributed by atoms with van der Waals surface area (Å²) in [6.07, 6.45) is 0.117. The molecular formula is C16H25FN2O. The first kappa shape index (κ1) is 15.4. The highest BCUT2D eigenvalue weighted by Gasteiger charge is 2.37. The molecule has 0 radical (unpaired) electrons. The van der Waals surface area contributed by atoms with E-state index in [2.05, 4.69) is 18.7 Å². The van der Waals surface area contributed by atoms with Gasteiger partial charge in [0.2, 0.25) is 0 Å². The van der Waals surface area contributed by atoms with Gasteiger partial charge in [0.15, 0.2) is 0 Å². The molecule has 1 fully saturated rings. The van der Waals surface area contributed by atoms with Gasteiger partial charge in [-0.3, -0.25) is 4.90 Å². The maximum Gasteiger partial charge on any atom is 0.128 e. The molecule has 0 saturated carbocycles. The van der Waals surface area contributed by atoms with E-state index in [4.69, 9.17) is 10.5 Å². The minimum absolute atomic E-state index is 0.117. The first-order valence-corrected chi connectivity index (χ1v) is 7.22. The molecule has 3 nitrogen and oxygen atoms in total. The van der Waals surface area contributed by atoms with E-state index in [1.165, 1.54) is 6.07 Å². The highest BCUT2D eigenvalue weighted by atomic mass is 19.1. The zero-order valence-corrected chi connectivity index (χ0v) is 12.8. The molecule has 20 heavy (non-hydrogen) atoms. The number of halogens is 1. The number of rotatable bonds is 3. The van der Waals surface area contributed by atoms with Crippen LogP contribution in [0.1, 0.15) is 39.3 Å². The second kappa shape index (κ2) is 5.80. The zero-order valence-electron chi connectivity index (χ0n) is 12.8. The van der Waals surface area contributed by atoms with Crippen LogP contribution < -0.4 is 5.73 Å². The molecule has 1 saturated heterocycles. The molecular weight excluding hydrogens is 255 g/mol. The van der Waals surface area contributed by atoms with Crippen LogP contribution in [0.15, 0.2) is 24.3 Å². The molecule has 2 N–H and O–H groups in total. The fourth-order valence-corrected chi connectivity index (χ4v) is 3.24. The predicted octanol–water partition coefficient (Wildman–Crippen LogP) is 2.71. The summed E-state index contributed by atoms with van der Waals surface area (Å²) in [5, 5.41) is 0. The first-order valence-electron chi connectivity index (χ1n) is 7.22. The number of morpholine rings is 1. The molecule has 0 spiro atoms. The fourth-order valence-electron chi connectivity index (χ4n) is 3.24. The van der Waals surface area contributed by atoms with E-state index in [-0.39, 0.29) is 29.6 Å². The first-order chi connectivity index (χ1) is 9.30. The van der Waals surface area contributed by atoms with Crippen LogP contribution in [0.5, 0.6) is 0 Å². The van der Waals surface area contributed by atoms with Crippen molar-refractivity contribution in [1.29, 1.82) is 0 Å². The summed E-state index contributed by atoms with van der Waals surface area (Å²) in [5.41, 5.74) is 6.59. The quantitative estimate of drug-likeness (QED) is 0.925. The lowest BCUT2D eigenvalue weighted by Gasteiger charge is -2.46. The standard InChI is InChI=1S/C16H25FN2O/c1-11-9-19(10-16(3,4)20-11)15(12(2)18)13-7-5-6-8-14(13)17/h5-8,11-12,15H,9-10,18H2,1-4H3. The maximum absolute atomic E-state index is 14.1. The number of hydrogen-bond donors (Lipinski definition) is 1. The van der Waals surface area contributed by atoms with E-state index in [1.54, 1.807) is 6.07 Å². The van der Waals surface area contributed by atoms with E-state index in [9.17, 15) is 4.39 Å². The summed E-state index contributed by atoms with van der Waals surface area (Å²) in [5.74, 6) is -0.188. The van der Waals surface area contributed by atoms with Crippen molar-refractivity contribution in [2.45, 2.75) is 51.5 Å². The smallest absolute Gasteiger partial charge is 0.128 e. The van der Waals surface area contributed by atoms with Gasteiger partial charge in [0, 0.05) is 24.7 Å². The third-order valence-corrected chi connectivity index (χ3v) is 3.71. The monoisotopic (exact) mass is 280 g/mol. The Hall–Kier alpha value is -0.970. The van der Waals surface area contributed by atoms with Crippen LogP contribution in [-0.4, -0.2) is 35.7 Å². The third-order valence-electron chi connectivity index (χ3n) is 3.71. The predicted molar refractivity (Wildman–Crippen MR) is 79.0 cm³/mol. The Labute approximate surface area is 120 Å². The summed E-state index contributed by atoms with van der Waals surface area (Å²) < 4.78 is 20.1. The van der Waals surface area contributed by atoms with Gasteiger partial charge in [0.1, 0.15) is 5.82 Å². The Bertz CT molecular complexity index is 462. The van der Waals surface area contributed by atoms with Crippen molar-refractivity contribution < 1.29 is 9.13 Å². The SMILES string of the molecule is CC1CN(C(c2ccccc2F)C(C)N)CC(C)(C)O1. The number of ether oxygens (including phenoxy) is 1. The van der Waals surface area contributed by atoms with Crippen molar-refractivity contribution in [2.75, 3.05) is 13.1 Å². The average Bonchev–Trinajstić information content (AvgIpc) is 2.28. The van der Waals surface area contributed by atoms with Gasteiger partial charge in [-0.05, 0) is 33.8 Å². The second-order valence-corrected chi connectivity index (χ2v) is 6.44. The normalized spacial score (nSPS) is 26.2. The van der Waals surface area contributed by atoms with Gasteiger partial charge in [-0.2, -0.15) is 0 Å². The summed E-state index contributed by atoms with van der Waals surface area (Å²) in [6, 6.07) is 6.64. The largest absolute Gasteiger partial charge is 0.370 e. The van der Waals surface area contributed by atoms with Crippen LogP contribution >= 0.6 is 0 Å². The summed E-state index contributed by atoms with van der Waals surface area (Å²) in [7, 11) is 0. The van der Waals surface area contributed by atoms with E-state index < -0.39 is 0 Å². The van der Waals surface area contributed by atoms with E-state index in [1.807, 2.05) is 26.0 Å². The van der Waals surface area contributed by atoms with Crippen LogP contribution in [0.3, 0.4) is 0 Å². The topological polar surface area (TPSA) is 38.5 Å². The lowest BCUT2D eigenvalue weighted by Crippen LogP contribution is -2.55. The Morgan fingerprint density at radius 1 is 1.40 bits per heavy atom. The van der Waals surface area contributed by atoms with Crippen LogP contribution in [0, 0.1) is 5.82 Å². The molecule has 1 aromatic rings. The molecule has 1 aliphatic heterocycles. The molecule has 3 unspecified atom stereocenters. The molecule has 1 heterocycles. The number of nitrogens with zero attached hydrogens (tertiary/aromatic N) is 1. The van der Waals surface area contributed by atoms with Crippen molar-refractivity contribution >= 4 is 0 Å². The van der Waals surface area contributed by atoms with Gasteiger partial charge in [0.05, 0.1) is 17.7 Å². The minimum atomic E-state index is -0.240. The molecule has 0 amide bonds. The lowest BCUT2D eigenvalue weighted by molar-refractivity contribution is -0.140. The molecule has 2 rings (SSSR count). The van der Waals surface area contributed by atoms with E-state index >= 15 is 0 Å². The van der Waals surface area contributed by atoms with Crippen LogP contribution in [0.2, 0.25) is 0 Å². The maximum atomic E-state index is 14.1. The van der Waals surface area contributed by atoms with E-state index in [0.717, 1.165) is 13.1 Å². The Balaban J connectivity index is 2.32. The molecule has 0 aromatic heterocycles. The van der Waals surface area contributed by atoms with Crippen molar-refractivity contribution in [2.24, 2.45) is 5.73 Å². The van der Waals surface area contributed by atoms with Gasteiger partial charge in [-0.15, -0.1) is 0 Å². The molecule has 0 aliphatic carbocycles. The van der Waals surface area contributed by atoms with Crippen molar-refractivity contribution in [3.63, 3.8) is 0 Å². The highest BCUT2D eigenvalue weighted by molar-refractivity contribution is 5.23. The van der Waals surface area contributed by atoms with E-state index in [0.29, 0.717) is 5.56 Å². The molecule has 112 valence electrons. The van der Waals surface area contributed by atoms with Gasteiger partial charge < -0.3 is 10.5 Å². The number of nitrogens with two attached hydrogens (primary N) is 1. The van der Waals surface area contributed by atoms with Crippen molar-refractivity contribution in [3.05, 3.63) is 35.6 Å². The Morgan fingerprint density at radius 2 is 2.05 bits per heavy atom. The third kappa shape index (κ3) is 3.37. The number of benzene rings is 1. The zero-order chi connectivity index (χ0) is 14.9. The minimum Gasteiger partial charge on any atom is -0.370 e. The lowest BCUT2D eigenvalue weighted by atomic mass is 9.95. The van der Waals surface area contributed by atoms with Crippen LogP contribution in [-0.2, 0) is 4.74 Å². The molecule has 0 bridgehead atoms. The Morgan fingerprint density at radius 3 is 2.60 bits per heavy atom. The van der Waals surface area contributed by atoms with Crippen LogP contribution in [0.4, 0.5) is 4.39 Å². The van der Waals surface area contributed by atoms with Gasteiger partial charge in [-0.1, -0.05) is 18.2 Å².